The molecule has 2 aromatic rings. The number of nitrogens with zero attached hydrogens (tertiary/aromatic N) is 2. The van der Waals surface area contributed by atoms with Gasteiger partial charge in [-0.1, -0.05) is 0 Å². The standard InChI is InChI=1S/C14H19N5OS/c1-9-7-17-19(8-9)5-4-16-12-6-11(15)13(21-12)14(20)18-10-2-3-10/h6-8,10,16H,2-5,15H2,1H3,(H,18,20). The molecule has 1 amide bonds. The fraction of sp³-hybridized carbons (Fsp3) is 0.429. The number of carbonyl (C=O) groups excluding carboxylic acids is 1. The summed E-state index contributed by atoms with van der Waals surface area (Å²) in [5, 5.41) is 11.4. The molecule has 6 nitrogen and oxygen atoms in total. The molecule has 0 aliphatic heterocycles. The minimum absolute atomic E-state index is 0.0595. The number of hydrogen-bond acceptors (Lipinski definition) is 5. The summed E-state index contributed by atoms with van der Waals surface area (Å²) in [5.74, 6) is -0.0595. The second kappa shape index (κ2) is 5.77. The SMILES string of the molecule is Cc1cnn(CCNc2cc(N)c(C(=O)NC3CC3)s2)c1. The van der Waals surface area contributed by atoms with Gasteiger partial charge in [-0.25, -0.2) is 0 Å². The van der Waals surface area contributed by atoms with Crippen LogP contribution in [0.1, 0.15) is 28.1 Å². The molecule has 1 saturated carbocycles. The van der Waals surface area contributed by atoms with Crippen molar-refractivity contribution in [1.82, 2.24) is 15.1 Å². The number of aromatic nitrogens is 2. The molecule has 0 unspecified atom stereocenters. The van der Waals surface area contributed by atoms with E-state index in [2.05, 4.69) is 15.7 Å². The molecule has 1 fully saturated rings. The summed E-state index contributed by atoms with van der Waals surface area (Å²) >= 11 is 1.40. The molecule has 21 heavy (non-hydrogen) atoms. The van der Waals surface area contributed by atoms with E-state index in [1.807, 2.05) is 30.1 Å². The van der Waals surface area contributed by atoms with Crippen molar-refractivity contribution in [3.05, 3.63) is 28.9 Å². The summed E-state index contributed by atoms with van der Waals surface area (Å²) in [7, 11) is 0. The van der Waals surface area contributed by atoms with Crippen molar-refractivity contribution in [3.63, 3.8) is 0 Å². The molecule has 0 aromatic carbocycles. The van der Waals surface area contributed by atoms with Crippen LogP contribution in [0.3, 0.4) is 0 Å². The van der Waals surface area contributed by atoms with Crippen LogP contribution in [-0.2, 0) is 6.54 Å². The summed E-state index contributed by atoms with van der Waals surface area (Å²) in [5.41, 5.74) is 7.60. The van der Waals surface area contributed by atoms with Crippen LogP contribution in [0.25, 0.3) is 0 Å². The predicted molar refractivity (Wildman–Crippen MR) is 84.7 cm³/mol. The van der Waals surface area contributed by atoms with Gasteiger partial charge in [0.2, 0.25) is 0 Å². The summed E-state index contributed by atoms with van der Waals surface area (Å²) < 4.78 is 1.89. The second-order valence-electron chi connectivity index (χ2n) is 5.35. The number of thiophene rings is 1. The Labute approximate surface area is 127 Å². The van der Waals surface area contributed by atoms with Crippen LogP contribution in [0.2, 0.25) is 0 Å². The number of carbonyl (C=O) groups is 1. The normalized spacial score (nSPS) is 14.1. The number of aryl methyl sites for hydroxylation is 1. The topological polar surface area (TPSA) is 85.0 Å². The third kappa shape index (κ3) is 3.55. The van der Waals surface area contributed by atoms with E-state index in [0.717, 1.165) is 36.5 Å². The van der Waals surface area contributed by atoms with Crippen LogP contribution < -0.4 is 16.4 Å². The van der Waals surface area contributed by atoms with Gasteiger partial charge in [-0.05, 0) is 31.4 Å². The van der Waals surface area contributed by atoms with Crippen molar-refractivity contribution in [3.8, 4) is 0 Å². The highest BCUT2D eigenvalue weighted by molar-refractivity contribution is 7.18. The molecular formula is C14H19N5OS. The fourth-order valence-electron chi connectivity index (χ4n) is 2.03. The van der Waals surface area contributed by atoms with E-state index in [0.29, 0.717) is 16.6 Å². The highest BCUT2D eigenvalue weighted by atomic mass is 32.1. The zero-order valence-electron chi connectivity index (χ0n) is 11.9. The number of hydrogen-bond donors (Lipinski definition) is 3. The van der Waals surface area contributed by atoms with E-state index in [4.69, 9.17) is 5.73 Å². The fourth-order valence-corrected chi connectivity index (χ4v) is 2.94. The quantitative estimate of drug-likeness (QED) is 0.760. The van der Waals surface area contributed by atoms with Crippen molar-refractivity contribution < 1.29 is 4.79 Å². The molecule has 0 saturated heterocycles. The lowest BCUT2D eigenvalue weighted by Crippen LogP contribution is -2.25. The van der Waals surface area contributed by atoms with Crippen molar-refractivity contribution >= 4 is 27.9 Å². The molecule has 4 N–H and O–H groups in total. The Kier molecular flexibility index (Phi) is 3.83. The zero-order chi connectivity index (χ0) is 14.8. The van der Waals surface area contributed by atoms with E-state index in [1.165, 1.54) is 11.3 Å². The Balaban J connectivity index is 1.54. The van der Waals surface area contributed by atoms with Gasteiger partial charge < -0.3 is 16.4 Å². The van der Waals surface area contributed by atoms with Crippen LogP contribution in [0.15, 0.2) is 18.5 Å². The van der Waals surface area contributed by atoms with Gasteiger partial charge in [0.15, 0.2) is 0 Å². The molecule has 0 bridgehead atoms. The molecule has 1 aliphatic carbocycles. The lowest BCUT2D eigenvalue weighted by Gasteiger charge is -2.03. The maximum absolute atomic E-state index is 12.0. The lowest BCUT2D eigenvalue weighted by atomic mass is 10.3. The Morgan fingerprint density at radius 2 is 2.38 bits per heavy atom. The number of amides is 1. The second-order valence-corrected chi connectivity index (χ2v) is 6.40. The Morgan fingerprint density at radius 1 is 1.57 bits per heavy atom. The average Bonchev–Trinajstić information content (AvgIpc) is 3.03. The molecule has 0 radical (unpaired) electrons. The third-order valence-corrected chi connectivity index (χ3v) is 4.39. The number of nitrogens with two attached hydrogens (primary N) is 1. The minimum Gasteiger partial charge on any atom is -0.397 e. The molecule has 2 aromatic heterocycles. The molecule has 0 spiro atoms. The van der Waals surface area contributed by atoms with Gasteiger partial charge in [0.25, 0.3) is 5.91 Å². The first-order valence-corrected chi connectivity index (χ1v) is 7.86. The zero-order valence-corrected chi connectivity index (χ0v) is 12.7. The summed E-state index contributed by atoms with van der Waals surface area (Å²) in [6.07, 6.45) is 5.99. The first-order chi connectivity index (χ1) is 10.1. The number of rotatable bonds is 6. The first kappa shape index (κ1) is 13.9. The number of anilines is 2. The average molecular weight is 305 g/mol. The highest BCUT2D eigenvalue weighted by Gasteiger charge is 2.25. The molecule has 0 atom stereocenters. The molecular weight excluding hydrogens is 286 g/mol. The molecule has 7 heteroatoms. The van der Waals surface area contributed by atoms with Crippen molar-refractivity contribution in [2.24, 2.45) is 0 Å². The van der Waals surface area contributed by atoms with Crippen LogP contribution in [-0.4, -0.2) is 28.3 Å². The Bertz CT molecular complexity index is 644. The van der Waals surface area contributed by atoms with E-state index in [1.54, 1.807) is 0 Å². The Morgan fingerprint density at radius 3 is 3.05 bits per heavy atom. The molecule has 112 valence electrons. The van der Waals surface area contributed by atoms with Gasteiger partial charge in [0.05, 0.1) is 23.4 Å². The van der Waals surface area contributed by atoms with Gasteiger partial charge in [-0.15, -0.1) is 11.3 Å². The van der Waals surface area contributed by atoms with Crippen molar-refractivity contribution in [1.29, 1.82) is 0 Å². The predicted octanol–water partition coefficient (Wildman–Crippen LogP) is 1.84. The van der Waals surface area contributed by atoms with Crippen LogP contribution in [0.4, 0.5) is 10.7 Å². The van der Waals surface area contributed by atoms with E-state index >= 15 is 0 Å². The molecule has 3 rings (SSSR count). The van der Waals surface area contributed by atoms with Crippen molar-refractivity contribution in [2.45, 2.75) is 32.4 Å². The molecule has 1 aliphatic rings. The van der Waals surface area contributed by atoms with Gasteiger partial charge in [-0.3, -0.25) is 9.48 Å². The summed E-state index contributed by atoms with van der Waals surface area (Å²) in [6, 6.07) is 2.17. The minimum atomic E-state index is -0.0595. The van der Waals surface area contributed by atoms with Crippen molar-refractivity contribution in [2.75, 3.05) is 17.6 Å². The van der Waals surface area contributed by atoms with Crippen LogP contribution >= 0.6 is 11.3 Å². The third-order valence-electron chi connectivity index (χ3n) is 3.28. The summed E-state index contributed by atoms with van der Waals surface area (Å²) in [4.78, 5) is 12.6. The maximum Gasteiger partial charge on any atom is 0.263 e. The van der Waals surface area contributed by atoms with Gasteiger partial charge >= 0.3 is 0 Å². The van der Waals surface area contributed by atoms with Crippen LogP contribution in [0.5, 0.6) is 0 Å². The largest absolute Gasteiger partial charge is 0.397 e. The molecule has 2 heterocycles. The highest BCUT2D eigenvalue weighted by Crippen LogP contribution is 2.30. The van der Waals surface area contributed by atoms with E-state index in [9.17, 15) is 4.79 Å². The monoisotopic (exact) mass is 305 g/mol. The van der Waals surface area contributed by atoms with E-state index < -0.39 is 0 Å². The number of nitrogens with one attached hydrogen (secondary N) is 2. The number of nitrogen functional groups attached to an aromatic ring is 1. The maximum atomic E-state index is 12.0. The lowest BCUT2D eigenvalue weighted by molar-refractivity contribution is 0.0956. The van der Waals surface area contributed by atoms with Gasteiger partial charge in [-0.2, -0.15) is 5.10 Å². The Hall–Kier alpha value is -2.02. The van der Waals surface area contributed by atoms with Crippen LogP contribution in [0, 0.1) is 6.92 Å². The van der Waals surface area contributed by atoms with Gasteiger partial charge in [0.1, 0.15) is 4.88 Å². The van der Waals surface area contributed by atoms with Gasteiger partial charge in [0, 0.05) is 18.8 Å². The smallest absolute Gasteiger partial charge is 0.263 e. The first-order valence-electron chi connectivity index (χ1n) is 7.05. The summed E-state index contributed by atoms with van der Waals surface area (Å²) in [6.45, 7) is 3.53. The van der Waals surface area contributed by atoms with E-state index in [-0.39, 0.29) is 5.91 Å².